The first-order chi connectivity index (χ1) is 7.47. The molecule has 1 aromatic rings. The highest BCUT2D eigenvalue weighted by molar-refractivity contribution is 7.09. The number of carbonyl (C=O) groups excluding carboxylic acids is 1. The van der Waals surface area contributed by atoms with Crippen molar-refractivity contribution in [1.82, 2.24) is 10.6 Å². The predicted octanol–water partition coefficient (Wildman–Crippen LogP) is 1.52. The molecule has 0 aromatic carbocycles. The number of alkyl halides is 3. The van der Waals surface area contributed by atoms with Crippen molar-refractivity contribution in [1.29, 1.82) is 0 Å². The highest BCUT2D eigenvalue weighted by Gasteiger charge is 2.27. The van der Waals surface area contributed by atoms with Crippen molar-refractivity contribution in [3.8, 4) is 0 Å². The molecule has 0 fully saturated rings. The number of carbonyl (C=O) groups is 1. The summed E-state index contributed by atoms with van der Waals surface area (Å²) in [7, 11) is 0. The van der Waals surface area contributed by atoms with E-state index < -0.39 is 18.6 Å². The van der Waals surface area contributed by atoms with Crippen molar-refractivity contribution < 1.29 is 18.0 Å². The van der Waals surface area contributed by atoms with Gasteiger partial charge in [-0.1, -0.05) is 6.07 Å². The Bertz CT molecular complexity index is 324. The minimum atomic E-state index is -4.36. The average Bonchev–Trinajstić information content (AvgIpc) is 2.66. The lowest BCUT2D eigenvalue weighted by Crippen LogP contribution is -2.39. The maximum absolute atomic E-state index is 11.7. The fraction of sp³-hybridized carbons (Fsp3) is 0.444. The van der Waals surface area contributed by atoms with Crippen LogP contribution in [0.4, 0.5) is 13.2 Å². The molecule has 0 atom stereocenters. The van der Waals surface area contributed by atoms with Crippen LogP contribution in [0.3, 0.4) is 0 Å². The third-order valence-electron chi connectivity index (χ3n) is 1.65. The zero-order valence-electron chi connectivity index (χ0n) is 8.30. The van der Waals surface area contributed by atoms with Gasteiger partial charge in [0.1, 0.15) is 6.54 Å². The van der Waals surface area contributed by atoms with E-state index in [1.54, 1.807) is 5.32 Å². The molecule has 1 amide bonds. The summed E-state index contributed by atoms with van der Waals surface area (Å²) in [4.78, 5) is 12.0. The van der Waals surface area contributed by atoms with Gasteiger partial charge in [0, 0.05) is 11.4 Å². The zero-order chi connectivity index (χ0) is 12.0. The Morgan fingerprint density at radius 3 is 2.75 bits per heavy atom. The van der Waals surface area contributed by atoms with Gasteiger partial charge < -0.3 is 10.6 Å². The first-order valence-corrected chi connectivity index (χ1v) is 5.42. The van der Waals surface area contributed by atoms with E-state index in [9.17, 15) is 18.0 Å². The second-order valence-corrected chi connectivity index (χ2v) is 4.11. The molecule has 2 N–H and O–H groups in total. The summed E-state index contributed by atoms with van der Waals surface area (Å²) < 4.78 is 35.2. The predicted molar refractivity (Wildman–Crippen MR) is 55.1 cm³/mol. The van der Waals surface area contributed by atoms with E-state index in [1.807, 2.05) is 17.5 Å². The summed E-state index contributed by atoms with van der Waals surface area (Å²) >= 11 is 1.52. The van der Waals surface area contributed by atoms with Gasteiger partial charge in [-0.2, -0.15) is 13.2 Å². The Morgan fingerprint density at radius 2 is 2.19 bits per heavy atom. The van der Waals surface area contributed by atoms with Crippen molar-refractivity contribution in [3.63, 3.8) is 0 Å². The molecule has 0 bridgehead atoms. The zero-order valence-corrected chi connectivity index (χ0v) is 9.12. The molecule has 1 aromatic heterocycles. The van der Waals surface area contributed by atoms with E-state index in [0.29, 0.717) is 6.54 Å². The molecule has 0 saturated carbocycles. The normalized spacial score (nSPS) is 11.4. The Hall–Kier alpha value is -1.08. The Kier molecular flexibility index (Phi) is 4.75. The Balaban J connectivity index is 2.11. The van der Waals surface area contributed by atoms with Gasteiger partial charge in [0.05, 0.1) is 6.54 Å². The summed E-state index contributed by atoms with van der Waals surface area (Å²) in [5.74, 6) is -0.658. The first-order valence-electron chi connectivity index (χ1n) is 4.54. The average molecular weight is 252 g/mol. The second kappa shape index (κ2) is 5.86. The lowest BCUT2D eigenvalue weighted by atomic mass is 10.4. The van der Waals surface area contributed by atoms with E-state index in [1.165, 1.54) is 11.3 Å². The molecule has 3 nitrogen and oxygen atoms in total. The molecule has 16 heavy (non-hydrogen) atoms. The van der Waals surface area contributed by atoms with E-state index >= 15 is 0 Å². The van der Waals surface area contributed by atoms with Gasteiger partial charge in [0.2, 0.25) is 5.91 Å². The van der Waals surface area contributed by atoms with Crippen LogP contribution in [-0.4, -0.2) is 25.2 Å². The fourth-order valence-corrected chi connectivity index (χ4v) is 1.65. The highest BCUT2D eigenvalue weighted by atomic mass is 32.1. The molecule has 7 heteroatoms. The van der Waals surface area contributed by atoms with Crippen LogP contribution >= 0.6 is 11.3 Å². The van der Waals surface area contributed by atoms with Gasteiger partial charge in [-0.05, 0) is 11.4 Å². The van der Waals surface area contributed by atoms with Gasteiger partial charge in [0.15, 0.2) is 0 Å². The quantitative estimate of drug-likeness (QED) is 0.834. The van der Waals surface area contributed by atoms with Crippen molar-refractivity contribution in [2.45, 2.75) is 12.7 Å². The fourth-order valence-electron chi connectivity index (χ4n) is 0.974. The number of nitrogens with one attached hydrogen (secondary N) is 2. The van der Waals surface area contributed by atoms with Gasteiger partial charge in [-0.15, -0.1) is 11.3 Å². The molecule has 90 valence electrons. The SMILES string of the molecule is O=C(CNCc1cccs1)NCC(F)(F)F. The number of hydrogen-bond donors (Lipinski definition) is 2. The van der Waals surface area contributed by atoms with Crippen LogP contribution in [-0.2, 0) is 11.3 Å². The Labute approximate surface area is 94.7 Å². The summed E-state index contributed by atoms with van der Waals surface area (Å²) in [5, 5.41) is 6.42. The topological polar surface area (TPSA) is 41.1 Å². The van der Waals surface area contributed by atoms with Crippen LogP contribution in [0.1, 0.15) is 4.88 Å². The van der Waals surface area contributed by atoms with Crippen LogP contribution in [0, 0.1) is 0 Å². The summed E-state index contributed by atoms with van der Waals surface area (Å²) in [5.41, 5.74) is 0. The second-order valence-electron chi connectivity index (χ2n) is 3.07. The van der Waals surface area contributed by atoms with Gasteiger partial charge in [-0.3, -0.25) is 4.79 Å². The monoisotopic (exact) mass is 252 g/mol. The number of halogens is 3. The van der Waals surface area contributed by atoms with Gasteiger partial charge in [0.25, 0.3) is 0 Å². The highest BCUT2D eigenvalue weighted by Crippen LogP contribution is 2.11. The standard InChI is InChI=1S/C9H11F3N2OS/c10-9(11,12)6-14-8(15)5-13-4-7-2-1-3-16-7/h1-3,13H,4-6H2,(H,14,15). The van der Waals surface area contributed by atoms with E-state index in [0.717, 1.165) is 4.88 Å². The number of thiophene rings is 1. The molecule has 0 radical (unpaired) electrons. The van der Waals surface area contributed by atoms with Crippen LogP contribution in [0.2, 0.25) is 0 Å². The maximum atomic E-state index is 11.7. The van der Waals surface area contributed by atoms with Crippen molar-refractivity contribution in [2.75, 3.05) is 13.1 Å². The van der Waals surface area contributed by atoms with Crippen molar-refractivity contribution in [3.05, 3.63) is 22.4 Å². The van der Waals surface area contributed by atoms with Gasteiger partial charge in [-0.25, -0.2) is 0 Å². The molecule has 0 spiro atoms. The lowest BCUT2D eigenvalue weighted by molar-refractivity contribution is -0.137. The largest absolute Gasteiger partial charge is 0.405 e. The smallest absolute Gasteiger partial charge is 0.346 e. The number of hydrogen-bond acceptors (Lipinski definition) is 3. The number of rotatable bonds is 5. The number of amides is 1. The van der Waals surface area contributed by atoms with Crippen molar-refractivity contribution >= 4 is 17.2 Å². The van der Waals surface area contributed by atoms with E-state index in [2.05, 4.69) is 5.32 Å². The third-order valence-corrected chi connectivity index (χ3v) is 2.53. The lowest BCUT2D eigenvalue weighted by Gasteiger charge is -2.08. The van der Waals surface area contributed by atoms with Crippen LogP contribution in [0.25, 0.3) is 0 Å². The maximum Gasteiger partial charge on any atom is 0.405 e. The van der Waals surface area contributed by atoms with Crippen LogP contribution < -0.4 is 10.6 Å². The third kappa shape index (κ3) is 5.72. The molecular weight excluding hydrogens is 241 g/mol. The molecule has 1 rings (SSSR count). The van der Waals surface area contributed by atoms with Gasteiger partial charge >= 0.3 is 6.18 Å². The summed E-state index contributed by atoms with van der Waals surface area (Å²) in [6.07, 6.45) is -4.36. The minimum Gasteiger partial charge on any atom is -0.346 e. The summed E-state index contributed by atoms with van der Waals surface area (Å²) in [6.45, 7) is -0.919. The minimum absolute atomic E-state index is 0.117. The molecule has 0 unspecified atom stereocenters. The molecule has 0 aliphatic carbocycles. The first kappa shape index (κ1) is 13.0. The Morgan fingerprint density at radius 1 is 1.44 bits per heavy atom. The van der Waals surface area contributed by atoms with E-state index in [4.69, 9.17) is 0 Å². The molecule has 1 heterocycles. The molecule has 0 saturated heterocycles. The molecule has 0 aliphatic rings. The molecule has 0 aliphatic heterocycles. The molecular formula is C9H11F3N2OS. The van der Waals surface area contributed by atoms with Crippen LogP contribution in [0.5, 0.6) is 0 Å². The van der Waals surface area contributed by atoms with Crippen LogP contribution in [0.15, 0.2) is 17.5 Å². The summed E-state index contributed by atoms with van der Waals surface area (Å²) in [6, 6.07) is 3.75. The van der Waals surface area contributed by atoms with Crippen molar-refractivity contribution in [2.24, 2.45) is 0 Å². The van der Waals surface area contributed by atoms with E-state index in [-0.39, 0.29) is 6.54 Å².